The zero-order chi connectivity index (χ0) is 12.3. The van der Waals surface area contributed by atoms with Crippen LogP contribution < -0.4 is 0 Å². The van der Waals surface area contributed by atoms with E-state index >= 15 is 0 Å². The third-order valence-corrected chi connectivity index (χ3v) is 1.31. The largest absolute Gasteiger partial charge is 0.396 e. The molecule has 0 spiro atoms. The summed E-state index contributed by atoms with van der Waals surface area (Å²) in [7, 11) is 0. The molecule has 1 aromatic heterocycles. The van der Waals surface area contributed by atoms with Gasteiger partial charge in [-0.05, 0) is 18.5 Å². The molecule has 0 aliphatic rings. The first-order chi connectivity index (χ1) is 7.49. The first kappa shape index (κ1) is 4.72. The molecule has 64 valence electrons. The van der Waals surface area contributed by atoms with Crippen molar-refractivity contribution in [2.24, 2.45) is 0 Å². The number of hydrogen-bond acceptors (Lipinski definition) is 3. The van der Waals surface area contributed by atoms with Gasteiger partial charge in [-0.15, -0.1) is 0 Å². The standard InChI is InChI=1S/C9H11NO2/c11-6-2-4-9(12)8-3-1-5-10-7-8/h1,3,5,7,11H,2,4,6H2/i1D,3D,5D,7D. The van der Waals surface area contributed by atoms with E-state index in [0.717, 1.165) is 0 Å². The van der Waals surface area contributed by atoms with E-state index in [9.17, 15) is 4.79 Å². The van der Waals surface area contributed by atoms with Crippen molar-refractivity contribution in [2.75, 3.05) is 6.61 Å². The van der Waals surface area contributed by atoms with Crippen molar-refractivity contribution in [3.05, 3.63) is 30.0 Å². The van der Waals surface area contributed by atoms with Crippen molar-refractivity contribution in [3.8, 4) is 0 Å². The van der Waals surface area contributed by atoms with Crippen molar-refractivity contribution in [3.63, 3.8) is 0 Å². The van der Waals surface area contributed by atoms with Crippen LogP contribution in [0.1, 0.15) is 28.7 Å². The fourth-order valence-electron chi connectivity index (χ4n) is 0.727. The Kier molecular flexibility index (Phi) is 1.82. The van der Waals surface area contributed by atoms with Gasteiger partial charge in [0.1, 0.15) is 0 Å². The van der Waals surface area contributed by atoms with Gasteiger partial charge in [-0.3, -0.25) is 9.78 Å². The number of hydrogen-bond donors (Lipinski definition) is 1. The van der Waals surface area contributed by atoms with E-state index < -0.39 is 30.2 Å². The first-order valence-electron chi connectivity index (χ1n) is 5.57. The van der Waals surface area contributed by atoms with Gasteiger partial charge >= 0.3 is 0 Å². The normalized spacial score (nSPS) is 14.4. The predicted molar refractivity (Wildman–Crippen MR) is 44.9 cm³/mol. The number of carbonyl (C=O) groups excluding carboxylic acids is 1. The fraction of sp³-hybridized carbons (Fsp3) is 0.333. The van der Waals surface area contributed by atoms with Crippen molar-refractivity contribution in [2.45, 2.75) is 12.8 Å². The van der Waals surface area contributed by atoms with E-state index in [-0.39, 0.29) is 25.0 Å². The van der Waals surface area contributed by atoms with Gasteiger partial charge in [0.25, 0.3) is 0 Å². The molecule has 12 heavy (non-hydrogen) atoms. The van der Waals surface area contributed by atoms with Crippen LogP contribution in [0.3, 0.4) is 0 Å². The molecule has 0 aliphatic heterocycles. The minimum atomic E-state index is -0.495. The average Bonchev–Trinajstić information content (AvgIpc) is 2.23. The van der Waals surface area contributed by atoms with E-state index in [1.165, 1.54) is 0 Å². The second kappa shape index (κ2) is 4.62. The Morgan fingerprint density at radius 1 is 1.75 bits per heavy atom. The van der Waals surface area contributed by atoms with Gasteiger partial charge in [-0.2, -0.15) is 0 Å². The topological polar surface area (TPSA) is 50.2 Å². The molecule has 0 fully saturated rings. The Hall–Kier alpha value is -1.22. The van der Waals surface area contributed by atoms with Gasteiger partial charge in [0.05, 0.1) is 5.48 Å². The molecule has 0 atom stereocenters. The van der Waals surface area contributed by atoms with E-state index in [2.05, 4.69) is 4.98 Å². The SMILES string of the molecule is [2H]c1nc([2H])c(C(=O)CCCO)c([2H])c1[2H]. The maximum absolute atomic E-state index is 11.6. The molecule has 0 radical (unpaired) electrons. The smallest absolute Gasteiger partial charge is 0.164 e. The van der Waals surface area contributed by atoms with Crippen LogP contribution in [0.5, 0.6) is 0 Å². The summed E-state index contributed by atoms with van der Waals surface area (Å²) in [5.41, 5.74) is -0.241. The number of rotatable bonds is 4. The van der Waals surface area contributed by atoms with Crippen LogP contribution in [0, 0.1) is 0 Å². The summed E-state index contributed by atoms with van der Waals surface area (Å²) in [4.78, 5) is 15.0. The molecule has 0 amide bonds. The summed E-state index contributed by atoms with van der Waals surface area (Å²) in [6.45, 7) is -0.149. The van der Waals surface area contributed by atoms with Gasteiger partial charge in [-0.25, -0.2) is 0 Å². The van der Waals surface area contributed by atoms with Crippen LogP contribution in [-0.2, 0) is 0 Å². The molecule has 0 saturated carbocycles. The summed E-state index contributed by atoms with van der Waals surface area (Å²) < 4.78 is 29.4. The molecule has 0 bridgehead atoms. The Morgan fingerprint density at radius 2 is 2.58 bits per heavy atom. The molecule has 0 saturated heterocycles. The van der Waals surface area contributed by atoms with Crippen LogP contribution in [0.15, 0.2) is 24.4 Å². The highest BCUT2D eigenvalue weighted by Crippen LogP contribution is 2.02. The molecule has 0 aromatic carbocycles. The number of aliphatic hydroxyl groups excluding tert-OH is 1. The molecular formula is C9H11NO2. The molecule has 1 heterocycles. The monoisotopic (exact) mass is 169 g/mol. The lowest BCUT2D eigenvalue weighted by atomic mass is 10.1. The highest BCUT2D eigenvalue weighted by atomic mass is 16.3. The van der Waals surface area contributed by atoms with E-state index in [1.54, 1.807) is 0 Å². The summed E-state index contributed by atoms with van der Waals surface area (Å²) in [6.07, 6.45) is -0.678. The molecule has 0 unspecified atom stereocenters. The highest BCUT2D eigenvalue weighted by molar-refractivity contribution is 5.95. The van der Waals surface area contributed by atoms with Crippen molar-refractivity contribution in [1.29, 1.82) is 0 Å². The van der Waals surface area contributed by atoms with Gasteiger partial charge in [0, 0.05) is 30.9 Å². The zero-order valence-corrected chi connectivity index (χ0v) is 6.42. The van der Waals surface area contributed by atoms with Gasteiger partial charge in [0.2, 0.25) is 0 Å². The number of ketones is 1. The summed E-state index contributed by atoms with van der Waals surface area (Å²) in [5.74, 6) is -0.495. The molecule has 1 N–H and O–H groups in total. The average molecular weight is 169 g/mol. The summed E-state index contributed by atoms with van der Waals surface area (Å²) >= 11 is 0. The second-order valence-electron chi connectivity index (χ2n) is 2.21. The second-order valence-corrected chi connectivity index (χ2v) is 2.21. The van der Waals surface area contributed by atoms with Crippen molar-refractivity contribution < 1.29 is 15.4 Å². The highest BCUT2D eigenvalue weighted by Gasteiger charge is 2.03. The number of aromatic nitrogens is 1. The molecule has 1 rings (SSSR count). The minimum absolute atomic E-state index is 0.00667. The lowest BCUT2D eigenvalue weighted by molar-refractivity contribution is 0.0971. The van der Waals surface area contributed by atoms with E-state index in [4.69, 9.17) is 10.6 Å². The lowest BCUT2D eigenvalue weighted by Gasteiger charge is -1.97. The number of carbonyl (C=O) groups is 1. The van der Waals surface area contributed by atoms with Crippen molar-refractivity contribution >= 4 is 5.78 Å². The van der Waals surface area contributed by atoms with Gasteiger partial charge in [-0.1, -0.05) is 0 Å². The third-order valence-electron chi connectivity index (χ3n) is 1.31. The quantitative estimate of drug-likeness (QED) is 0.685. The first-order valence-corrected chi connectivity index (χ1v) is 3.57. The van der Waals surface area contributed by atoms with Crippen LogP contribution in [0.2, 0.25) is 0 Å². The number of Topliss-reactive ketones (excluding diaryl/α,β-unsaturated/α-hetero) is 1. The molecule has 3 heteroatoms. The van der Waals surface area contributed by atoms with E-state index in [1.807, 2.05) is 0 Å². The lowest BCUT2D eigenvalue weighted by Crippen LogP contribution is -2.00. The maximum atomic E-state index is 11.6. The fourth-order valence-corrected chi connectivity index (χ4v) is 0.727. The third kappa shape index (κ3) is 2.43. The Labute approximate surface area is 76.7 Å². The van der Waals surface area contributed by atoms with Crippen LogP contribution in [0.25, 0.3) is 0 Å². The molecular weight excluding hydrogens is 154 g/mol. The van der Waals surface area contributed by atoms with E-state index in [0.29, 0.717) is 0 Å². The number of aliphatic hydroxyl groups is 1. The van der Waals surface area contributed by atoms with Gasteiger partial charge < -0.3 is 5.11 Å². The Bertz CT molecular complexity index is 422. The maximum Gasteiger partial charge on any atom is 0.164 e. The van der Waals surface area contributed by atoms with Gasteiger partial charge in [0.15, 0.2) is 5.78 Å². The minimum Gasteiger partial charge on any atom is -0.396 e. The van der Waals surface area contributed by atoms with Crippen LogP contribution in [0.4, 0.5) is 0 Å². The van der Waals surface area contributed by atoms with Crippen LogP contribution in [-0.4, -0.2) is 22.5 Å². The van der Waals surface area contributed by atoms with Crippen molar-refractivity contribution in [1.82, 2.24) is 4.98 Å². The predicted octanol–water partition coefficient (Wildman–Crippen LogP) is 1.04. The molecule has 3 nitrogen and oxygen atoms in total. The summed E-state index contributed by atoms with van der Waals surface area (Å²) in [6, 6.07) is -0.892. The Balaban J connectivity index is 3.13. The summed E-state index contributed by atoms with van der Waals surface area (Å²) in [5, 5.41) is 8.57. The number of nitrogens with zero attached hydrogens (tertiary/aromatic N) is 1. The Morgan fingerprint density at radius 3 is 3.33 bits per heavy atom. The number of pyridine rings is 1. The molecule has 1 aromatic rings. The zero-order valence-electron chi connectivity index (χ0n) is 10.4. The van der Waals surface area contributed by atoms with Crippen LogP contribution >= 0.6 is 0 Å². The molecule has 0 aliphatic carbocycles.